The first-order valence-corrected chi connectivity index (χ1v) is 11.6. The van der Waals surface area contributed by atoms with Crippen molar-refractivity contribution in [1.29, 1.82) is 0 Å². The van der Waals surface area contributed by atoms with Crippen molar-refractivity contribution in [3.8, 4) is 0 Å². The van der Waals surface area contributed by atoms with Crippen molar-refractivity contribution in [2.75, 3.05) is 6.54 Å². The van der Waals surface area contributed by atoms with E-state index in [1.165, 1.54) is 79.0 Å². The molecule has 1 amide bonds. The largest absolute Gasteiger partial charge is 0.478 e. The van der Waals surface area contributed by atoms with Crippen molar-refractivity contribution in [2.24, 2.45) is 5.10 Å². The highest BCUT2D eigenvalue weighted by atomic mass is 35.5. The minimum absolute atomic E-state index is 0.0613. The van der Waals surface area contributed by atoms with Crippen molar-refractivity contribution in [3.63, 3.8) is 0 Å². The topological polar surface area (TPSA) is 116 Å². The van der Waals surface area contributed by atoms with Gasteiger partial charge in [-0.25, -0.2) is 23.0 Å². The molecule has 0 heterocycles. The Morgan fingerprint density at radius 3 is 2.21 bits per heavy atom. The first kappa shape index (κ1) is 25.0. The highest BCUT2D eigenvalue weighted by Gasteiger charge is 2.27. The van der Waals surface area contributed by atoms with Crippen LogP contribution in [0.15, 0.2) is 82.8 Å². The smallest absolute Gasteiger partial charge is 0.335 e. The van der Waals surface area contributed by atoms with Crippen LogP contribution in [0.5, 0.6) is 0 Å². The molecule has 176 valence electrons. The third-order valence-corrected chi connectivity index (χ3v) is 6.66. The van der Waals surface area contributed by atoms with Gasteiger partial charge < -0.3 is 5.11 Å². The summed E-state index contributed by atoms with van der Waals surface area (Å²) < 4.78 is 40.5. The SMILES string of the molecule is O=C(CN(Cc1ccc(F)cc1)S(=O)(=O)c1ccc(Cl)cc1)N/N=C\c1ccc(C(=O)O)cc1. The number of hydrogen-bond acceptors (Lipinski definition) is 5. The summed E-state index contributed by atoms with van der Waals surface area (Å²) in [7, 11) is -4.10. The number of sulfonamides is 1. The van der Waals surface area contributed by atoms with Crippen LogP contribution in [0, 0.1) is 5.82 Å². The highest BCUT2D eigenvalue weighted by Crippen LogP contribution is 2.20. The van der Waals surface area contributed by atoms with Gasteiger partial charge in [0.2, 0.25) is 10.0 Å². The molecule has 0 fully saturated rings. The number of benzene rings is 3. The van der Waals surface area contributed by atoms with E-state index in [0.29, 0.717) is 16.1 Å². The normalized spacial score (nSPS) is 11.6. The molecule has 0 aromatic heterocycles. The Hall–Kier alpha value is -3.60. The van der Waals surface area contributed by atoms with E-state index in [2.05, 4.69) is 10.5 Å². The van der Waals surface area contributed by atoms with Gasteiger partial charge in [-0.05, 0) is 59.7 Å². The lowest BCUT2D eigenvalue weighted by molar-refractivity contribution is -0.121. The maximum atomic E-state index is 13.3. The fourth-order valence-corrected chi connectivity index (χ4v) is 4.37. The predicted octanol–water partition coefficient (Wildman–Crippen LogP) is 3.52. The molecule has 11 heteroatoms. The van der Waals surface area contributed by atoms with Gasteiger partial charge in [-0.15, -0.1) is 0 Å². The van der Waals surface area contributed by atoms with Crippen molar-refractivity contribution in [1.82, 2.24) is 9.73 Å². The zero-order chi connectivity index (χ0) is 24.7. The number of halogens is 2. The van der Waals surface area contributed by atoms with Crippen LogP contribution in [0.1, 0.15) is 21.5 Å². The minimum atomic E-state index is -4.10. The maximum Gasteiger partial charge on any atom is 0.335 e. The van der Waals surface area contributed by atoms with E-state index in [1.54, 1.807) is 0 Å². The van der Waals surface area contributed by atoms with Crippen molar-refractivity contribution in [3.05, 3.63) is 100 Å². The summed E-state index contributed by atoms with van der Waals surface area (Å²) in [5, 5.41) is 13.1. The van der Waals surface area contributed by atoms with Crippen LogP contribution in [0.25, 0.3) is 0 Å². The van der Waals surface area contributed by atoms with E-state index in [0.717, 1.165) is 4.31 Å². The molecular formula is C23H19ClFN3O5S. The van der Waals surface area contributed by atoms with Gasteiger partial charge in [-0.3, -0.25) is 4.79 Å². The number of carbonyl (C=O) groups is 2. The number of carbonyl (C=O) groups excluding carboxylic acids is 1. The highest BCUT2D eigenvalue weighted by molar-refractivity contribution is 7.89. The third kappa shape index (κ3) is 6.70. The monoisotopic (exact) mass is 503 g/mol. The molecule has 0 aliphatic carbocycles. The predicted molar refractivity (Wildman–Crippen MR) is 125 cm³/mol. The zero-order valence-electron chi connectivity index (χ0n) is 17.6. The molecule has 0 saturated heterocycles. The fraction of sp³-hybridized carbons (Fsp3) is 0.0870. The summed E-state index contributed by atoms with van der Waals surface area (Å²) in [5.41, 5.74) is 3.37. The lowest BCUT2D eigenvalue weighted by Crippen LogP contribution is -2.39. The molecule has 0 spiro atoms. The van der Waals surface area contributed by atoms with Crippen LogP contribution >= 0.6 is 11.6 Å². The molecule has 3 aromatic rings. The number of hydrogen-bond donors (Lipinski definition) is 2. The summed E-state index contributed by atoms with van der Waals surface area (Å²) in [6.07, 6.45) is 1.29. The molecule has 0 saturated carbocycles. The molecule has 0 radical (unpaired) electrons. The molecule has 0 atom stereocenters. The molecule has 8 nitrogen and oxygen atoms in total. The van der Waals surface area contributed by atoms with Crippen LogP contribution in [-0.2, 0) is 21.4 Å². The molecule has 0 unspecified atom stereocenters. The van der Waals surface area contributed by atoms with Crippen LogP contribution in [0.3, 0.4) is 0 Å². The van der Waals surface area contributed by atoms with E-state index in [-0.39, 0.29) is 17.0 Å². The molecular weight excluding hydrogens is 485 g/mol. The van der Waals surface area contributed by atoms with Crippen LogP contribution in [0.2, 0.25) is 5.02 Å². The molecule has 3 rings (SSSR count). The van der Waals surface area contributed by atoms with Gasteiger partial charge in [-0.1, -0.05) is 35.9 Å². The van der Waals surface area contributed by atoms with Gasteiger partial charge >= 0.3 is 5.97 Å². The van der Waals surface area contributed by atoms with E-state index in [1.807, 2.05) is 0 Å². The lowest BCUT2D eigenvalue weighted by Gasteiger charge is -2.21. The van der Waals surface area contributed by atoms with Crippen molar-refractivity contribution >= 4 is 39.7 Å². The van der Waals surface area contributed by atoms with Gasteiger partial charge in [0.1, 0.15) is 5.82 Å². The number of aromatic carboxylic acids is 1. The van der Waals surface area contributed by atoms with E-state index in [9.17, 15) is 22.4 Å². The van der Waals surface area contributed by atoms with Gasteiger partial charge in [0.15, 0.2) is 0 Å². The number of nitrogens with one attached hydrogen (secondary N) is 1. The Balaban J connectivity index is 1.75. The van der Waals surface area contributed by atoms with Crippen LogP contribution in [-0.4, -0.2) is 42.5 Å². The van der Waals surface area contributed by atoms with E-state index >= 15 is 0 Å². The first-order valence-electron chi connectivity index (χ1n) is 9.80. The molecule has 0 aliphatic heterocycles. The Morgan fingerprint density at radius 2 is 1.62 bits per heavy atom. The van der Waals surface area contributed by atoms with Gasteiger partial charge in [0, 0.05) is 11.6 Å². The Morgan fingerprint density at radius 1 is 1.00 bits per heavy atom. The average molecular weight is 504 g/mol. The summed E-state index contributed by atoms with van der Waals surface area (Å²) >= 11 is 5.85. The molecule has 2 N–H and O–H groups in total. The number of amides is 1. The molecule has 0 aliphatic rings. The number of carboxylic acids is 1. The lowest BCUT2D eigenvalue weighted by atomic mass is 10.1. The summed E-state index contributed by atoms with van der Waals surface area (Å²) in [6.45, 7) is -0.739. The second-order valence-electron chi connectivity index (χ2n) is 7.07. The number of rotatable bonds is 9. The fourth-order valence-electron chi connectivity index (χ4n) is 2.86. The number of hydrazone groups is 1. The molecule has 34 heavy (non-hydrogen) atoms. The second kappa shape index (κ2) is 11.0. The standard InChI is InChI=1S/C23H19ClFN3O5S/c24-19-7-11-21(12-8-19)34(32,33)28(14-17-3-9-20(25)10-4-17)15-22(29)27-26-13-16-1-5-18(6-2-16)23(30)31/h1-13H,14-15H2,(H,27,29)(H,30,31)/b26-13-. The molecule has 0 bridgehead atoms. The summed E-state index contributed by atoms with van der Waals surface area (Å²) in [6, 6.07) is 16.5. The Kier molecular flexibility index (Phi) is 8.11. The van der Waals surface area contributed by atoms with Crippen molar-refractivity contribution < 1.29 is 27.5 Å². The summed E-state index contributed by atoms with van der Waals surface area (Å²) in [5.74, 6) is -2.25. The van der Waals surface area contributed by atoms with Crippen molar-refractivity contribution in [2.45, 2.75) is 11.4 Å². The van der Waals surface area contributed by atoms with Gasteiger partial charge in [-0.2, -0.15) is 9.41 Å². The van der Waals surface area contributed by atoms with Crippen LogP contribution in [0.4, 0.5) is 4.39 Å². The Bertz CT molecular complexity index is 1300. The third-order valence-electron chi connectivity index (χ3n) is 4.60. The maximum absolute atomic E-state index is 13.3. The number of carboxylic acid groups (broad SMARTS) is 1. The average Bonchev–Trinajstić information content (AvgIpc) is 2.80. The molecule has 3 aromatic carbocycles. The van der Waals surface area contributed by atoms with E-state index in [4.69, 9.17) is 16.7 Å². The van der Waals surface area contributed by atoms with Gasteiger partial charge in [0.05, 0.1) is 23.2 Å². The first-order chi connectivity index (χ1) is 16.1. The Labute approximate surface area is 200 Å². The van der Waals surface area contributed by atoms with Crippen LogP contribution < -0.4 is 5.43 Å². The minimum Gasteiger partial charge on any atom is -0.478 e. The summed E-state index contributed by atoms with van der Waals surface area (Å²) in [4.78, 5) is 23.3. The second-order valence-corrected chi connectivity index (χ2v) is 9.45. The zero-order valence-corrected chi connectivity index (χ0v) is 19.1. The quantitative estimate of drug-likeness (QED) is 0.342. The van der Waals surface area contributed by atoms with E-state index < -0.39 is 34.3 Å². The van der Waals surface area contributed by atoms with Gasteiger partial charge in [0.25, 0.3) is 5.91 Å². The number of nitrogens with zero attached hydrogens (tertiary/aromatic N) is 2.